The van der Waals surface area contributed by atoms with Crippen molar-refractivity contribution in [1.82, 2.24) is 19.8 Å². The van der Waals surface area contributed by atoms with Crippen molar-refractivity contribution in [1.29, 1.82) is 5.41 Å². The number of aliphatic carboxylic acids is 1. The number of amides is 1. The molecule has 2 aromatic carbocycles. The van der Waals surface area contributed by atoms with E-state index in [2.05, 4.69) is 10.6 Å². The lowest BCUT2D eigenvalue weighted by Crippen LogP contribution is -2.54. The van der Waals surface area contributed by atoms with Crippen LogP contribution in [0.3, 0.4) is 0 Å². The van der Waals surface area contributed by atoms with E-state index in [0.29, 0.717) is 30.8 Å². The highest BCUT2D eigenvalue weighted by Crippen LogP contribution is 2.29. The molecule has 1 atom stereocenters. The van der Waals surface area contributed by atoms with Crippen molar-refractivity contribution in [2.75, 3.05) is 25.0 Å². The molecule has 6 N–H and O–H groups in total. The Morgan fingerprint density at radius 2 is 1.89 bits per heavy atom. The number of hydrogen-bond donors (Lipinski definition) is 5. The molecule has 0 radical (unpaired) electrons. The summed E-state index contributed by atoms with van der Waals surface area (Å²) < 4.78 is 1.99. The number of fused-ring (bicyclic) bond motifs is 1. The highest BCUT2D eigenvalue weighted by atomic mass is 16.4. The van der Waals surface area contributed by atoms with Crippen LogP contribution in [0.15, 0.2) is 42.5 Å². The molecule has 1 aromatic heterocycles. The van der Waals surface area contributed by atoms with Crippen LogP contribution in [0.2, 0.25) is 0 Å². The second-order valence-corrected chi connectivity index (χ2v) is 9.01. The van der Waals surface area contributed by atoms with Gasteiger partial charge in [-0.3, -0.25) is 20.3 Å². The van der Waals surface area contributed by atoms with E-state index >= 15 is 0 Å². The first kappa shape index (κ1) is 24.2. The number of carbonyl (C=O) groups excluding carboxylic acids is 1. The molecule has 3 aromatic rings. The number of amidine groups is 1. The topological polar surface area (TPSA) is 149 Å². The van der Waals surface area contributed by atoms with E-state index < -0.39 is 11.5 Å². The zero-order valence-electron chi connectivity index (χ0n) is 20.0. The molecule has 35 heavy (non-hydrogen) atoms. The number of imidazole rings is 1. The fourth-order valence-corrected chi connectivity index (χ4v) is 4.46. The molecule has 10 nitrogen and oxygen atoms in total. The second kappa shape index (κ2) is 9.75. The van der Waals surface area contributed by atoms with Gasteiger partial charge in [0, 0.05) is 34.2 Å². The smallest absolute Gasteiger partial charge is 0.317 e. The third-order valence-electron chi connectivity index (χ3n) is 6.61. The van der Waals surface area contributed by atoms with Crippen LogP contribution in [0.25, 0.3) is 11.0 Å². The summed E-state index contributed by atoms with van der Waals surface area (Å²) in [5.41, 5.74) is 8.20. The van der Waals surface area contributed by atoms with Gasteiger partial charge in [0.15, 0.2) is 0 Å². The maximum Gasteiger partial charge on any atom is 0.317 e. The molecule has 0 saturated carbocycles. The lowest BCUT2D eigenvalue weighted by Gasteiger charge is -2.33. The lowest BCUT2D eigenvalue weighted by molar-refractivity contribution is -0.139. The Kier molecular flexibility index (Phi) is 6.74. The van der Waals surface area contributed by atoms with Gasteiger partial charge in [-0.25, -0.2) is 4.98 Å². The summed E-state index contributed by atoms with van der Waals surface area (Å²) in [5, 5.41) is 23.1. The van der Waals surface area contributed by atoms with Gasteiger partial charge in [-0.05, 0) is 61.7 Å². The molecule has 4 rings (SSSR count). The number of nitrogen functional groups attached to an aromatic ring is 1. The van der Waals surface area contributed by atoms with Gasteiger partial charge in [-0.1, -0.05) is 6.07 Å². The van der Waals surface area contributed by atoms with Crippen molar-refractivity contribution in [3.8, 4) is 0 Å². The van der Waals surface area contributed by atoms with E-state index in [9.17, 15) is 14.7 Å². The first-order valence-corrected chi connectivity index (χ1v) is 11.6. The number of nitrogens with one attached hydrogen (secondary N) is 3. The van der Waals surface area contributed by atoms with Gasteiger partial charge in [0.25, 0.3) is 0 Å². The number of hydrogen-bond acceptors (Lipinski definition) is 6. The molecule has 1 saturated heterocycles. The van der Waals surface area contributed by atoms with Crippen LogP contribution < -0.4 is 16.4 Å². The quantitative estimate of drug-likeness (QED) is 0.233. The van der Waals surface area contributed by atoms with E-state index in [-0.39, 0.29) is 21.1 Å². The molecule has 0 aliphatic carbocycles. The molecule has 0 bridgehead atoms. The van der Waals surface area contributed by atoms with Crippen LogP contribution in [0.1, 0.15) is 39.6 Å². The summed E-state index contributed by atoms with van der Waals surface area (Å²) in [4.78, 5) is 31.3. The second-order valence-electron chi connectivity index (χ2n) is 9.01. The first-order valence-electron chi connectivity index (χ1n) is 11.6. The Morgan fingerprint density at radius 1 is 1.20 bits per heavy atom. The summed E-state index contributed by atoms with van der Waals surface area (Å²) >= 11 is 0. The van der Waals surface area contributed by atoms with Gasteiger partial charge in [-0.2, -0.15) is 0 Å². The third kappa shape index (κ3) is 4.97. The summed E-state index contributed by atoms with van der Waals surface area (Å²) in [6.07, 6.45) is 1.90. The van der Waals surface area contributed by atoms with Gasteiger partial charge in [0.2, 0.25) is 5.91 Å². The van der Waals surface area contributed by atoms with E-state index in [0.717, 1.165) is 35.4 Å². The number of carboxylic acid groups (broad SMARTS) is 1. The van der Waals surface area contributed by atoms with Gasteiger partial charge in [0.1, 0.15) is 17.2 Å². The van der Waals surface area contributed by atoms with E-state index in [1.807, 2.05) is 41.9 Å². The molecule has 188 valence electrons. The number of rotatable bonds is 9. The summed E-state index contributed by atoms with van der Waals surface area (Å²) in [6.45, 7) is 3.25. The Hall–Kier alpha value is -3.92. The van der Waals surface area contributed by atoms with Gasteiger partial charge < -0.3 is 25.6 Å². The minimum absolute atomic E-state index is 0. The molecule has 0 unspecified atom stereocenters. The summed E-state index contributed by atoms with van der Waals surface area (Å²) in [5.74, 6) is -0.314. The number of aryl methyl sites for hydroxylation is 1. The first-order chi connectivity index (χ1) is 16.7. The largest absolute Gasteiger partial charge is 0.480 e. The predicted molar refractivity (Wildman–Crippen MR) is 139 cm³/mol. The van der Waals surface area contributed by atoms with Crippen molar-refractivity contribution in [2.45, 2.75) is 31.8 Å². The normalized spacial score (nSPS) is 15.2. The maximum absolute atomic E-state index is 13.4. The van der Waals surface area contributed by atoms with E-state index in [1.165, 1.54) is 0 Å². The SMILES string of the molecule is Cn1c(CNc2ccc(C(=N)N)cc2)nc2cc([C@@](C)(NCC(=O)O)C(=O)N3CCCC3)ccc21.[HH].[HH]. The predicted octanol–water partition coefficient (Wildman–Crippen LogP) is 2.47. The molecule has 10 heteroatoms. The molecule has 1 aliphatic rings. The Bertz CT molecular complexity index is 1270. The summed E-state index contributed by atoms with van der Waals surface area (Å²) in [6, 6.07) is 12.9. The zero-order chi connectivity index (χ0) is 25.2. The van der Waals surface area contributed by atoms with Crippen molar-refractivity contribution >= 4 is 34.4 Å². The number of carboxylic acids is 1. The van der Waals surface area contributed by atoms with Crippen molar-refractivity contribution in [3.63, 3.8) is 0 Å². The molecule has 0 spiro atoms. The van der Waals surface area contributed by atoms with E-state index in [1.54, 1.807) is 24.0 Å². The van der Waals surface area contributed by atoms with Crippen LogP contribution >= 0.6 is 0 Å². The molecule has 1 fully saturated rings. The zero-order valence-corrected chi connectivity index (χ0v) is 20.0. The molecular weight excluding hydrogens is 446 g/mol. The minimum atomic E-state index is -1.18. The van der Waals surface area contributed by atoms with Gasteiger partial charge in [-0.15, -0.1) is 0 Å². The van der Waals surface area contributed by atoms with Crippen LogP contribution in [-0.4, -0.2) is 56.9 Å². The number of nitrogens with two attached hydrogens (primary N) is 1. The average molecular weight is 482 g/mol. The van der Waals surface area contributed by atoms with Crippen molar-refractivity contribution in [3.05, 3.63) is 59.4 Å². The Labute approximate surface area is 206 Å². The van der Waals surface area contributed by atoms with Crippen LogP contribution in [-0.2, 0) is 28.7 Å². The monoisotopic (exact) mass is 481 g/mol. The maximum atomic E-state index is 13.4. The standard InChI is InChI=1S/C25H31N7O3.2H2/c1-25(29-15-22(33)34,24(35)32-11-3-4-12-32)17-7-10-20-19(13-17)30-21(31(20)2)14-28-18-8-5-16(6-9-18)23(26)27;;/h5-10,13,28-29H,3-4,11-12,14-15H2,1-2H3,(H3,26,27)(H,33,34);2*1H/t25-;;/m1../s1. The van der Waals surface area contributed by atoms with Crippen molar-refractivity contribution in [2.24, 2.45) is 12.8 Å². The average Bonchev–Trinajstić information content (AvgIpc) is 3.49. The number of carbonyl (C=O) groups is 2. The Balaban J connectivity index is 0.00000241. The number of nitrogens with zero attached hydrogens (tertiary/aromatic N) is 3. The molecule has 2 heterocycles. The lowest BCUT2D eigenvalue weighted by atomic mass is 9.89. The van der Waals surface area contributed by atoms with E-state index in [4.69, 9.17) is 16.1 Å². The fraction of sp³-hybridized carbons (Fsp3) is 0.360. The molecular formula is C25H35N7O3. The molecule has 1 amide bonds. The van der Waals surface area contributed by atoms with Crippen LogP contribution in [0, 0.1) is 5.41 Å². The number of benzene rings is 2. The number of aromatic nitrogens is 2. The number of anilines is 1. The van der Waals surface area contributed by atoms with Crippen LogP contribution in [0.5, 0.6) is 0 Å². The molecule has 1 aliphatic heterocycles. The van der Waals surface area contributed by atoms with Gasteiger partial charge >= 0.3 is 5.97 Å². The third-order valence-corrected chi connectivity index (χ3v) is 6.61. The highest BCUT2D eigenvalue weighted by molar-refractivity contribution is 5.95. The van der Waals surface area contributed by atoms with Gasteiger partial charge in [0.05, 0.1) is 24.1 Å². The minimum Gasteiger partial charge on any atom is -0.480 e. The Morgan fingerprint density at radius 3 is 2.51 bits per heavy atom. The number of likely N-dealkylation sites (tertiary alicyclic amines) is 1. The van der Waals surface area contributed by atoms with Crippen LogP contribution in [0.4, 0.5) is 5.69 Å². The highest BCUT2D eigenvalue weighted by Gasteiger charge is 2.39. The van der Waals surface area contributed by atoms with Crippen molar-refractivity contribution < 1.29 is 17.5 Å². The fourth-order valence-electron chi connectivity index (χ4n) is 4.46. The summed E-state index contributed by atoms with van der Waals surface area (Å²) in [7, 11) is 1.93.